The second-order valence-corrected chi connectivity index (χ2v) is 6.69. The average molecular weight is 341 g/mol. The van der Waals surface area contributed by atoms with Crippen LogP contribution in [-0.2, 0) is 11.3 Å². The van der Waals surface area contributed by atoms with Crippen LogP contribution >= 0.6 is 15.9 Å². The van der Waals surface area contributed by atoms with Gasteiger partial charge in [0.05, 0.1) is 6.10 Å². The zero-order chi connectivity index (χ0) is 14.6. The maximum Gasteiger partial charge on any atom is 0.0590 e. The molecule has 2 rings (SSSR count). The Morgan fingerprint density at radius 3 is 2.95 bits per heavy atom. The Morgan fingerprint density at radius 1 is 1.50 bits per heavy atom. The van der Waals surface area contributed by atoms with Gasteiger partial charge >= 0.3 is 0 Å². The van der Waals surface area contributed by atoms with Crippen LogP contribution in [0.2, 0.25) is 0 Å². The SMILES string of the molecule is CCC1CC(CN)(N(C)Cc2cccc(Br)c2)CCO1. The van der Waals surface area contributed by atoms with E-state index in [0.29, 0.717) is 12.6 Å². The van der Waals surface area contributed by atoms with Crippen LogP contribution in [0.5, 0.6) is 0 Å². The summed E-state index contributed by atoms with van der Waals surface area (Å²) in [5.74, 6) is 0. The molecule has 1 aromatic carbocycles. The molecular weight excluding hydrogens is 316 g/mol. The fourth-order valence-electron chi connectivity index (χ4n) is 3.03. The van der Waals surface area contributed by atoms with Crippen molar-refractivity contribution in [1.82, 2.24) is 4.90 Å². The fourth-order valence-corrected chi connectivity index (χ4v) is 3.47. The Balaban J connectivity index is 2.10. The second-order valence-electron chi connectivity index (χ2n) is 5.77. The number of halogens is 1. The molecule has 0 saturated carbocycles. The highest BCUT2D eigenvalue weighted by Crippen LogP contribution is 2.31. The lowest BCUT2D eigenvalue weighted by Gasteiger charge is -2.46. The van der Waals surface area contributed by atoms with Crippen LogP contribution in [0.15, 0.2) is 28.7 Å². The van der Waals surface area contributed by atoms with E-state index in [1.165, 1.54) is 5.56 Å². The maximum atomic E-state index is 6.13. The van der Waals surface area contributed by atoms with Gasteiger partial charge in [-0.3, -0.25) is 4.90 Å². The Hall–Kier alpha value is -0.420. The third-order valence-corrected chi connectivity index (χ3v) is 4.98. The first kappa shape index (κ1) is 16.0. The molecule has 4 heteroatoms. The number of likely N-dealkylation sites (N-methyl/N-ethyl adjacent to an activating group) is 1. The number of hydrogen-bond acceptors (Lipinski definition) is 3. The number of hydrogen-bond donors (Lipinski definition) is 1. The van der Waals surface area contributed by atoms with Crippen LogP contribution in [0.3, 0.4) is 0 Å². The molecule has 3 nitrogen and oxygen atoms in total. The molecule has 0 amide bonds. The van der Waals surface area contributed by atoms with Crippen LogP contribution in [0.1, 0.15) is 31.7 Å². The summed E-state index contributed by atoms with van der Waals surface area (Å²) in [6.45, 7) is 4.62. The van der Waals surface area contributed by atoms with Crippen molar-refractivity contribution in [3.8, 4) is 0 Å². The van der Waals surface area contributed by atoms with E-state index in [1.807, 2.05) is 0 Å². The maximum absolute atomic E-state index is 6.13. The van der Waals surface area contributed by atoms with E-state index in [1.54, 1.807) is 0 Å². The monoisotopic (exact) mass is 340 g/mol. The molecule has 0 radical (unpaired) electrons. The number of nitrogens with two attached hydrogens (primary N) is 1. The van der Waals surface area contributed by atoms with Crippen molar-refractivity contribution < 1.29 is 4.74 Å². The summed E-state index contributed by atoms with van der Waals surface area (Å²) in [7, 11) is 2.19. The third kappa shape index (κ3) is 3.61. The van der Waals surface area contributed by atoms with Gasteiger partial charge in [0.2, 0.25) is 0 Å². The van der Waals surface area contributed by atoms with Crippen molar-refractivity contribution in [2.75, 3.05) is 20.2 Å². The summed E-state index contributed by atoms with van der Waals surface area (Å²) in [6.07, 6.45) is 3.46. The van der Waals surface area contributed by atoms with Gasteiger partial charge in [-0.1, -0.05) is 35.0 Å². The highest BCUT2D eigenvalue weighted by Gasteiger charge is 2.38. The molecule has 1 aliphatic heterocycles. The van der Waals surface area contributed by atoms with E-state index in [9.17, 15) is 0 Å². The van der Waals surface area contributed by atoms with Crippen molar-refractivity contribution in [3.63, 3.8) is 0 Å². The van der Waals surface area contributed by atoms with Crippen LogP contribution in [0, 0.1) is 0 Å². The second kappa shape index (κ2) is 7.03. The van der Waals surface area contributed by atoms with Gasteiger partial charge < -0.3 is 10.5 Å². The summed E-state index contributed by atoms with van der Waals surface area (Å²) in [5, 5.41) is 0. The number of nitrogens with zero attached hydrogens (tertiary/aromatic N) is 1. The normalized spacial score (nSPS) is 26.9. The standard InChI is InChI=1S/C16H25BrN2O/c1-3-15-10-16(12-18,7-8-20-15)19(2)11-13-5-4-6-14(17)9-13/h4-6,9,15H,3,7-8,10-12,18H2,1-2H3. The van der Waals surface area contributed by atoms with E-state index >= 15 is 0 Å². The summed E-state index contributed by atoms with van der Waals surface area (Å²) >= 11 is 3.54. The van der Waals surface area contributed by atoms with Crippen molar-refractivity contribution in [2.24, 2.45) is 5.73 Å². The highest BCUT2D eigenvalue weighted by molar-refractivity contribution is 9.10. The van der Waals surface area contributed by atoms with Crippen molar-refractivity contribution in [1.29, 1.82) is 0 Å². The summed E-state index contributed by atoms with van der Waals surface area (Å²) in [4.78, 5) is 2.42. The molecule has 1 aromatic rings. The van der Waals surface area contributed by atoms with Crippen molar-refractivity contribution >= 4 is 15.9 Å². The molecule has 2 atom stereocenters. The van der Waals surface area contributed by atoms with Gasteiger partial charge in [-0.15, -0.1) is 0 Å². The van der Waals surface area contributed by atoms with Gasteiger partial charge in [0.15, 0.2) is 0 Å². The van der Waals surface area contributed by atoms with Gasteiger partial charge in [-0.2, -0.15) is 0 Å². The molecule has 20 heavy (non-hydrogen) atoms. The molecule has 0 aliphatic carbocycles. The number of rotatable bonds is 5. The molecule has 1 saturated heterocycles. The Morgan fingerprint density at radius 2 is 2.30 bits per heavy atom. The van der Waals surface area contributed by atoms with Crippen LogP contribution < -0.4 is 5.73 Å². The molecule has 0 spiro atoms. The Bertz CT molecular complexity index is 440. The van der Waals surface area contributed by atoms with E-state index < -0.39 is 0 Å². The minimum Gasteiger partial charge on any atom is -0.378 e. The smallest absolute Gasteiger partial charge is 0.0590 e. The van der Waals surface area contributed by atoms with E-state index in [-0.39, 0.29) is 5.54 Å². The lowest BCUT2D eigenvalue weighted by Crippen LogP contribution is -2.56. The molecule has 1 fully saturated rings. The lowest BCUT2D eigenvalue weighted by atomic mass is 9.84. The topological polar surface area (TPSA) is 38.5 Å². The summed E-state index contributed by atoms with van der Waals surface area (Å²) < 4.78 is 6.94. The minimum absolute atomic E-state index is 0.0707. The molecule has 1 aliphatic rings. The minimum atomic E-state index is 0.0707. The molecular formula is C16H25BrN2O. The molecule has 1 heterocycles. The number of benzene rings is 1. The molecule has 2 unspecified atom stereocenters. The predicted octanol–water partition coefficient (Wildman–Crippen LogP) is 3.17. The Labute approximate surface area is 130 Å². The molecule has 2 N–H and O–H groups in total. The predicted molar refractivity (Wildman–Crippen MR) is 86.7 cm³/mol. The summed E-state index contributed by atoms with van der Waals surface area (Å²) in [6, 6.07) is 8.49. The van der Waals surface area contributed by atoms with Gasteiger partial charge in [-0.05, 0) is 44.0 Å². The van der Waals surface area contributed by atoms with Crippen LogP contribution in [-0.4, -0.2) is 36.7 Å². The first-order valence-corrected chi connectivity index (χ1v) is 8.16. The zero-order valence-corrected chi connectivity index (χ0v) is 14.0. The van der Waals surface area contributed by atoms with Gasteiger partial charge in [0.1, 0.15) is 0 Å². The van der Waals surface area contributed by atoms with Gasteiger partial charge in [-0.25, -0.2) is 0 Å². The third-order valence-electron chi connectivity index (χ3n) is 4.48. The molecule has 112 valence electrons. The highest BCUT2D eigenvalue weighted by atomic mass is 79.9. The van der Waals surface area contributed by atoms with Crippen LogP contribution in [0.25, 0.3) is 0 Å². The quantitative estimate of drug-likeness (QED) is 0.894. The fraction of sp³-hybridized carbons (Fsp3) is 0.625. The zero-order valence-electron chi connectivity index (χ0n) is 12.4. The largest absolute Gasteiger partial charge is 0.378 e. The average Bonchev–Trinajstić information content (AvgIpc) is 2.47. The lowest BCUT2D eigenvalue weighted by molar-refractivity contribution is -0.0671. The van der Waals surface area contributed by atoms with E-state index in [4.69, 9.17) is 10.5 Å². The summed E-state index contributed by atoms with van der Waals surface area (Å²) in [5.41, 5.74) is 7.52. The van der Waals surface area contributed by atoms with Gasteiger partial charge in [0, 0.05) is 29.7 Å². The van der Waals surface area contributed by atoms with Crippen LogP contribution in [0.4, 0.5) is 0 Å². The van der Waals surface area contributed by atoms with E-state index in [0.717, 1.165) is 36.9 Å². The van der Waals surface area contributed by atoms with Crippen molar-refractivity contribution in [3.05, 3.63) is 34.3 Å². The van der Waals surface area contributed by atoms with Gasteiger partial charge in [0.25, 0.3) is 0 Å². The van der Waals surface area contributed by atoms with E-state index in [2.05, 4.69) is 59.1 Å². The molecule has 0 bridgehead atoms. The Kier molecular flexibility index (Phi) is 5.61. The first-order chi connectivity index (χ1) is 9.59. The van der Waals surface area contributed by atoms with Crippen molar-refractivity contribution in [2.45, 2.75) is 44.4 Å². The molecule has 0 aromatic heterocycles. The number of ether oxygens (including phenoxy) is 1. The first-order valence-electron chi connectivity index (χ1n) is 7.37.